The smallest absolute Gasteiger partial charge is 0.163 e. The lowest BCUT2D eigenvalue weighted by Crippen LogP contribution is -2.19. The van der Waals surface area contributed by atoms with E-state index in [1.165, 1.54) is 33.4 Å². The average molecular weight is 1240 g/mol. The molecule has 0 unspecified atom stereocenters. The van der Waals surface area contributed by atoms with Gasteiger partial charge in [0.25, 0.3) is 0 Å². The van der Waals surface area contributed by atoms with Crippen LogP contribution in [0.5, 0.6) is 0 Å². The van der Waals surface area contributed by atoms with Crippen LogP contribution in [0, 0.1) is 11.3 Å². The molecule has 10 aromatic carbocycles. The zero-order valence-electron chi connectivity index (χ0n) is 58.0. The van der Waals surface area contributed by atoms with Crippen LogP contribution in [-0.4, -0.2) is 23.7 Å². The zero-order chi connectivity index (χ0) is 66.5. The van der Waals surface area contributed by atoms with Crippen LogP contribution in [0.3, 0.4) is 0 Å². The van der Waals surface area contributed by atoms with E-state index in [0.29, 0.717) is 22.6 Å². The number of hydrogen-bond donors (Lipinski definition) is 0. The first kappa shape index (κ1) is 59.9. The second-order valence-electron chi connectivity index (χ2n) is 32.7. The summed E-state index contributed by atoms with van der Waals surface area (Å²) >= 11 is 0. The van der Waals surface area contributed by atoms with E-state index in [1.807, 2.05) is 6.07 Å². The second kappa shape index (κ2) is 20.2. The maximum atomic E-state index is 13.2. The number of nitriles is 1. The number of fused-ring (bicyclic) bond motifs is 9. The summed E-state index contributed by atoms with van der Waals surface area (Å²) in [4.78, 5) is 11.1. The fraction of sp³-hybridized carbons (Fsp3) is 0.261. The minimum Gasteiger partial charge on any atom is -0.453 e. The standard InChI is InChI=1S/C88H82N6O/c1-83(2,3)52-29-35-70-61(42-52)62-43-53(84(4,5)6)30-36-71(62)92(70)77-67(49-89)78(93-72-37-31-54(85(7,8)9)44-63(72)64-45-55(86(10,11)12)32-38-73(64)93)79-81-76(77)60-28-22-27-59(80(60)95-81)69-48-68(50-23-19-18-20-24-50)90-82(91-69)51-25-21-26-57(41-51)88(16,17)58-34-40-75-66(47-58)65-46-56(87(13,14)15)33-39-74(65)94(75)79/h18-48H,1-17H3. The maximum absolute atomic E-state index is 13.2. The van der Waals surface area contributed by atoms with Crippen LogP contribution in [0.25, 0.3) is 138 Å². The van der Waals surface area contributed by atoms with Crippen molar-refractivity contribution in [1.82, 2.24) is 23.7 Å². The summed E-state index contributed by atoms with van der Waals surface area (Å²) in [5.74, 6) is 0.615. The number of rotatable bonds is 3. The van der Waals surface area contributed by atoms with Crippen molar-refractivity contribution in [2.24, 2.45) is 0 Å². The summed E-state index contributed by atoms with van der Waals surface area (Å²) in [6, 6.07) is 73.1. The molecule has 2 aliphatic heterocycles. The minimum absolute atomic E-state index is 0.146. The van der Waals surface area contributed by atoms with E-state index in [1.54, 1.807) is 0 Å². The number of nitrogens with zero attached hydrogens (tertiary/aromatic N) is 6. The van der Waals surface area contributed by atoms with E-state index in [2.05, 4.69) is 319 Å². The van der Waals surface area contributed by atoms with Crippen LogP contribution in [-0.2, 0) is 32.5 Å². The van der Waals surface area contributed by atoms with Gasteiger partial charge in [-0.1, -0.05) is 215 Å². The predicted octanol–water partition coefficient (Wildman–Crippen LogP) is 23.7. The van der Waals surface area contributed by atoms with Gasteiger partial charge in [-0.15, -0.1) is 0 Å². The lowest BCUT2D eigenvalue weighted by atomic mass is 9.77. The normalized spacial score (nSPS) is 13.8. The molecule has 0 fully saturated rings. The van der Waals surface area contributed by atoms with Crippen molar-refractivity contribution in [3.8, 4) is 57.0 Å². The van der Waals surface area contributed by atoms with Gasteiger partial charge in [0.15, 0.2) is 11.4 Å². The molecule has 0 radical (unpaired) electrons. The first-order valence-corrected chi connectivity index (χ1v) is 33.8. The largest absolute Gasteiger partial charge is 0.453 e. The molecular weight excluding hydrogens is 1160 g/mol. The van der Waals surface area contributed by atoms with E-state index >= 15 is 0 Å². The molecule has 7 heteroatoms. The van der Waals surface area contributed by atoms with Gasteiger partial charge in [0.2, 0.25) is 0 Å². The van der Waals surface area contributed by atoms with Crippen molar-refractivity contribution in [3.63, 3.8) is 0 Å². The van der Waals surface area contributed by atoms with E-state index < -0.39 is 5.41 Å². The predicted molar refractivity (Wildman–Crippen MR) is 399 cm³/mol. The van der Waals surface area contributed by atoms with Gasteiger partial charge in [-0.25, -0.2) is 9.97 Å². The third-order valence-corrected chi connectivity index (χ3v) is 20.9. The topological polar surface area (TPSA) is 77.5 Å². The lowest BCUT2D eigenvalue weighted by Gasteiger charge is -2.27. The summed E-state index contributed by atoms with van der Waals surface area (Å²) in [5.41, 5.74) is 21.5. The molecule has 5 aromatic heterocycles. The molecule has 0 amide bonds. The van der Waals surface area contributed by atoms with E-state index in [4.69, 9.17) is 14.4 Å². The fourth-order valence-electron chi connectivity index (χ4n) is 15.1. The summed E-state index contributed by atoms with van der Waals surface area (Å²) in [6.45, 7) is 39.1. The summed E-state index contributed by atoms with van der Waals surface area (Å²) < 4.78 is 15.5. The van der Waals surface area contributed by atoms with Crippen molar-refractivity contribution in [1.29, 1.82) is 5.26 Å². The molecular formula is C88H82N6O. The Labute approximate surface area is 557 Å². The van der Waals surface area contributed by atoms with Gasteiger partial charge < -0.3 is 18.1 Å². The van der Waals surface area contributed by atoms with Crippen LogP contribution in [0.4, 0.5) is 0 Å². The van der Waals surface area contributed by atoms with Gasteiger partial charge in [-0.2, -0.15) is 5.26 Å². The highest BCUT2D eigenvalue weighted by Gasteiger charge is 2.36. The number of aromatic nitrogens is 5. The number of hydrogen-bond acceptors (Lipinski definition) is 4. The minimum atomic E-state index is -0.479. The van der Waals surface area contributed by atoms with Crippen LogP contribution in [0.1, 0.15) is 162 Å². The third-order valence-electron chi connectivity index (χ3n) is 20.9. The Morgan fingerprint density at radius 2 is 0.758 bits per heavy atom. The van der Waals surface area contributed by atoms with Gasteiger partial charge >= 0.3 is 0 Å². The highest BCUT2D eigenvalue weighted by molar-refractivity contribution is 6.22. The molecule has 0 saturated heterocycles. The molecule has 10 bridgehead atoms. The molecule has 0 N–H and O–H groups in total. The zero-order valence-corrected chi connectivity index (χ0v) is 58.0. The van der Waals surface area contributed by atoms with E-state index in [9.17, 15) is 5.26 Å². The Hall–Kier alpha value is -10.0. The molecule has 0 spiro atoms. The van der Waals surface area contributed by atoms with Gasteiger partial charge in [0.05, 0.1) is 61.2 Å². The lowest BCUT2D eigenvalue weighted by molar-refractivity contribution is 0.590. The molecule has 7 heterocycles. The quantitative estimate of drug-likeness (QED) is 0.177. The Morgan fingerprint density at radius 3 is 1.22 bits per heavy atom. The van der Waals surface area contributed by atoms with E-state index in [-0.39, 0.29) is 27.1 Å². The summed E-state index contributed by atoms with van der Waals surface area (Å²) in [5, 5.41) is 21.6. The highest BCUT2D eigenvalue weighted by atomic mass is 16.3. The number of para-hydroxylation sites is 1. The first-order valence-electron chi connectivity index (χ1n) is 33.8. The molecule has 7 nitrogen and oxygen atoms in total. The molecule has 17 rings (SSSR count). The number of benzene rings is 10. The molecule has 0 saturated carbocycles. The molecule has 0 aliphatic carbocycles. The molecule has 470 valence electrons. The van der Waals surface area contributed by atoms with E-state index in [0.717, 1.165) is 127 Å². The molecule has 15 aromatic rings. The molecule has 95 heavy (non-hydrogen) atoms. The van der Waals surface area contributed by atoms with Crippen molar-refractivity contribution in [2.45, 2.75) is 150 Å². The maximum Gasteiger partial charge on any atom is 0.163 e. The Morgan fingerprint density at radius 1 is 0.358 bits per heavy atom. The molecule has 2 aliphatic rings. The van der Waals surface area contributed by atoms with Crippen molar-refractivity contribution < 1.29 is 4.42 Å². The fourth-order valence-corrected chi connectivity index (χ4v) is 15.1. The van der Waals surface area contributed by atoms with Gasteiger partial charge in [-0.3, -0.25) is 0 Å². The van der Waals surface area contributed by atoms with Crippen molar-refractivity contribution in [3.05, 3.63) is 233 Å². The van der Waals surface area contributed by atoms with Crippen molar-refractivity contribution in [2.75, 3.05) is 0 Å². The van der Waals surface area contributed by atoms with Gasteiger partial charge in [0.1, 0.15) is 22.9 Å². The van der Waals surface area contributed by atoms with Crippen molar-refractivity contribution >= 4 is 87.4 Å². The Bertz CT molecular complexity index is 5690. The SMILES string of the molecule is CC(C)(C)c1ccc2c(c1)c1cc(C(C)(C)C)ccc1n2-c1c(C#N)c(-n2c3ccc(C(C)(C)C)cc3c3cc(C(C)(C)C)ccc32)c2c3oc4c(cccc42)-c2cc(-c4ccccc4)nc(n2)-c2cccc(c2)C(C)(C)c2ccc4c(c2)c2cc(C(C)(C)C)ccc2n4-c13. The van der Waals surface area contributed by atoms with Gasteiger partial charge in [0, 0.05) is 59.8 Å². The van der Waals surface area contributed by atoms with Crippen LogP contribution in [0.2, 0.25) is 0 Å². The summed E-state index contributed by atoms with van der Waals surface area (Å²) in [6.07, 6.45) is 0. The first-order chi connectivity index (χ1) is 45.0. The molecule has 0 atom stereocenters. The highest BCUT2D eigenvalue weighted by Crippen LogP contribution is 2.53. The summed E-state index contributed by atoms with van der Waals surface area (Å²) in [7, 11) is 0. The monoisotopic (exact) mass is 1240 g/mol. The number of furan rings is 1. The van der Waals surface area contributed by atoms with Crippen LogP contribution < -0.4 is 0 Å². The van der Waals surface area contributed by atoms with Crippen LogP contribution in [0.15, 0.2) is 192 Å². The second-order valence-corrected chi connectivity index (χ2v) is 32.7. The van der Waals surface area contributed by atoms with Gasteiger partial charge in [-0.05, 0) is 157 Å². The third kappa shape index (κ3) is 9.18. The Balaban J connectivity index is 1.20. The van der Waals surface area contributed by atoms with Crippen LogP contribution >= 0.6 is 0 Å². The average Bonchev–Trinajstić information content (AvgIpc) is 1.54. The Kier molecular flexibility index (Phi) is 12.8.